The molecular formula is C22H26O6. The zero-order chi connectivity index (χ0) is 20.1. The maximum Gasteiger partial charge on any atom is 0.302 e. The van der Waals surface area contributed by atoms with Crippen LogP contribution in [0.4, 0.5) is 0 Å². The van der Waals surface area contributed by atoms with Crippen molar-refractivity contribution in [1.82, 2.24) is 0 Å². The maximum absolute atomic E-state index is 11.4. The summed E-state index contributed by atoms with van der Waals surface area (Å²) in [6.45, 7) is 4.16. The van der Waals surface area contributed by atoms with Crippen LogP contribution in [-0.2, 0) is 22.4 Å². The average Bonchev–Trinajstić information content (AvgIpc) is 3.14. The Morgan fingerprint density at radius 2 is 1.82 bits per heavy atom. The normalized spacial score (nSPS) is 14.4. The number of hydrogen-bond acceptors (Lipinski definition) is 6. The van der Waals surface area contributed by atoms with E-state index in [2.05, 4.69) is 6.92 Å². The number of carbonyl (C=O) groups is 1. The summed E-state index contributed by atoms with van der Waals surface area (Å²) in [6.07, 6.45) is 1.52. The van der Waals surface area contributed by atoms with Gasteiger partial charge in [-0.1, -0.05) is 19.1 Å². The van der Waals surface area contributed by atoms with Gasteiger partial charge >= 0.3 is 5.97 Å². The van der Waals surface area contributed by atoms with Crippen molar-refractivity contribution in [2.75, 3.05) is 20.5 Å². The van der Waals surface area contributed by atoms with Crippen molar-refractivity contribution in [3.63, 3.8) is 0 Å². The van der Waals surface area contributed by atoms with E-state index in [1.807, 2.05) is 30.3 Å². The molecule has 0 amide bonds. The minimum absolute atomic E-state index is 0.121. The van der Waals surface area contributed by atoms with Gasteiger partial charge < -0.3 is 24.1 Å². The van der Waals surface area contributed by atoms with Crippen molar-refractivity contribution in [1.29, 1.82) is 0 Å². The molecule has 0 saturated heterocycles. The number of esters is 1. The third-order valence-electron chi connectivity index (χ3n) is 5.04. The zero-order valence-electron chi connectivity index (χ0n) is 16.4. The van der Waals surface area contributed by atoms with Crippen molar-refractivity contribution >= 4 is 5.97 Å². The Kier molecular flexibility index (Phi) is 6.29. The molecule has 6 nitrogen and oxygen atoms in total. The summed E-state index contributed by atoms with van der Waals surface area (Å²) in [5.74, 6) is 2.16. The Balaban J connectivity index is 1.73. The molecule has 0 fully saturated rings. The Labute approximate surface area is 165 Å². The number of methoxy groups -OCH3 is 1. The predicted octanol–water partition coefficient (Wildman–Crippen LogP) is 3.73. The van der Waals surface area contributed by atoms with E-state index in [1.165, 1.54) is 14.0 Å². The Morgan fingerprint density at radius 1 is 1.11 bits per heavy atom. The van der Waals surface area contributed by atoms with Gasteiger partial charge in [0, 0.05) is 12.8 Å². The second kappa shape index (κ2) is 8.87. The fraction of sp³-hybridized carbons (Fsp3) is 0.409. The van der Waals surface area contributed by atoms with E-state index in [-0.39, 0.29) is 30.3 Å². The zero-order valence-corrected chi connectivity index (χ0v) is 16.4. The molecule has 1 heterocycles. The molecule has 3 rings (SSSR count). The van der Waals surface area contributed by atoms with Crippen molar-refractivity contribution in [2.45, 2.75) is 26.7 Å². The molecule has 1 aliphatic heterocycles. The van der Waals surface area contributed by atoms with E-state index in [0.29, 0.717) is 12.4 Å². The number of phenols is 1. The predicted molar refractivity (Wildman–Crippen MR) is 104 cm³/mol. The van der Waals surface area contributed by atoms with Crippen molar-refractivity contribution < 1.29 is 28.8 Å². The van der Waals surface area contributed by atoms with Crippen molar-refractivity contribution in [2.24, 2.45) is 11.8 Å². The molecule has 28 heavy (non-hydrogen) atoms. The van der Waals surface area contributed by atoms with Gasteiger partial charge in [0.05, 0.1) is 13.7 Å². The number of fused-ring (bicyclic) bond motifs is 1. The third-order valence-corrected chi connectivity index (χ3v) is 5.04. The molecule has 2 aromatic carbocycles. The topological polar surface area (TPSA) is 74.2 Å². The summed E-state index contributed by atoms with van der Waals surface area (Å²) in [6, 6.07) is 11.3. The summed E-state index contributed by atoms with van der Waals surface area (Å²) in [5.41, 5.74) is 2.16. The van der Waals surface area contributed by atoms with Crippen LogP contribution in [0.15, 0.2) is 36.4 Å². The number of aromatic hydroxyl groups is 1. The number of benzene rings is 2. The molecule has 0 unspecified atom stereocenters. The molecule has 1 N–H and O–H groups in total. The highest BCUT2D eigenvalue weighted by Gasteiger charge is 2.22. The van der Waals surface area contributed by atoms with E-state index >= 15 is 0 Å². The lowest BCUT2D eigenvalue weighted by molar-refractivity contribution is -0.142. The number of hydrogen-bond donors (Lipinski definition) is 1. The molecule has 0 bridgehead atoms. The van der Waals surface area contributed by atoms with Gasteiger partial charge in [-0.05, 0) is 54.2 Å². The van der Waals surface area contributed by atoms with E-state index in [0.717, 1.165) is 35.5 Å². The number of rotatable bonds is 8. The average molecular weight is 386 g/mol. The summed E-state index contributed by atoms with van der Waals surface area (Å²) in [5, 5.41) is 9.79. The quantitative estimate of drug-likeness (QED) is 0.697. The van der Waals surface area contributed by atoms with E-state index < -0.39 is 0 Å². The highest BCUT2D eigenvalue weighted by atomic mass is 16.7. The van der Waals surface area contributed by atoms with Crippen LogP contribution in [0.1, 0.15) is 25.0 Å². The maximum atomic E-state index is 11.4. The van der Waals surface area contributed by atoms with E-state index in [9.17, 15) is 9.90 Å². The molecule has 0 spiro atoms. The highest BCUT2D eigenvalue weighted by Crippen LogP contribution is 2.34. The minimum atomic E-state index is -0.283. The molecule has 0 aliphatic carbocycles. The summed E-state index contributed by atoms with van der Waals surface area (Å²) in [4.78, 5) is 11.4. The lowest BCUT2D eigenvalue weighted by Gasteiger charge is -2.24. The largest absolute Gasteiger partial charge is 0.504 e. The lowest BCUT2D eigenvalue weighted by atomic mass is 9.84. The van der Waals surface area contributed by atoms with Gasteiger partial charge in [-0.2, -0.15) is 0 Å². The number of ether oxygens (including phenoxy) is 4. The lowest BCUT2D eigenvalue weighted by Crippen LogP contribution is -2.23. The van der Waals surface area contributed by atoms with Gasteiger partial charge in [0.25, 0.3) is 0 Å². The molecule has 6 heteroatoms. The van der Waals surface area contributed by atoms with Crippen LogP contribution in [0.2, 0.25) is 0 Å². The van der Waals surface area contributed by atoms with E-state index in [4.69, 9.17) is 18.9 Å². The number of carbonyl (C=O) groups excluding carboxylic acids is 1. The molecule has 2 aromatic rings. The smallest absolute Gasteiger partial charge is 0.302 e. The Bertz CT molecular complexity index is 832. The molecule has 2 atom stereocenters. The summed E-state index contributed by atoms with van der Waals surface area (Å²) in [7, 11) is 1.53. The third kappa shape index (κ3) is 4.88. The fourth-order valence-electron chi connectivity index (χ4n) is 3.41. The van der Waals surface area contributed by atoms with Gasteiger partial charge in [-0.25, -0.2) is 0 Å². The molecular weight excluding hydrogens is 360 g/mol. The highest BCUT2D eigenvalue weighted by molar-refractivity contribution is 5.65. The number of phenolic OH excluding ortho intramolecular Hbond substituents is 1. The van der Waals surface area contributed by atoms with Crippen molar-refractivity contribution in [3.8, 4) is 23.0 Å². The molecule has 0 radical (unpaired) electrons. The Hall–Kier alpha value is -2.89. The summed E-state index contributed by atoms with van der Waals surface area (Å²) >= 11 is 0. The van der Waals surface area contributed by atoms with Gasteiger partial charge in [0.2, 0.25) is 6.79 Å². The molecule has 0 saturated carbocycles. The van der Waals surface area contributed by atoms with Gasteiger partial charge in [0.1, 0.15) is 0 Å². The first-order chi connectivity index (χ1) is 13.5. The van der Waals surface area contributed by atoms with Crippen LogP contribution in [0.25, 0.3) is 0 Å². The van der Waals surface area contributed by atoms with Crippen LogP contribution >= 0.6 is 0 Å². The first-order valence-corrected chi connectivity index (χ1v) is 9.34. The van der Waals surface area contributed by atoms with Gasteiger partial charge in [-0.15, -0.1) is 0 Å². The SMILES string of the molecule is COc1cc(C[C@H](C)[C@H](COC(C)=O)Cc2ccc3c(c2)OCO3)ccc1O. The monoisotopic (exact) mass is 386 g/mol. The first-order valence-electron chi connectivity index (χ1n) is 9.34. The molecule has 150 valence electrons. The fourth-order valence-corrected chi connectivity index (χ4v) is 3.41. The van der Waals surface area contributed by atoms with Crippen molar-refractivity contribution in [3.05, 3.63) is 47.5 Å². The minimum Gasteiger partial charge on any atom is -0.504 e. The van der Waals surface area contributed by atoms with Gasteiger partial charge in [0.15, 0.2) is 23.0 Å². The first kappa shape index (κ1) is 19.9. The second-order valence-electron chi connectivity index (χ2n) is 7.14. The van der Waals surface area contributed by atoms with Crippen LogP contribution < -0.4 is 14.2 Å². The Morgan fingerprint density at radius 3 is 2.57 bits per heavy atom. The molecule has 1 aliphatic rings. The molecule has 0 aromatic heterocycles. The van der Waals surface area contributed by atoms with Crippen LogP contribution in [-0.4, -0.2) is 31.6 Å². The standard InChI is InChI=1S/C22H26O6/c1-14(8-16-4-6-19(24)21(10-16)25-3)18(12-26-15(2)23)9-17-5-7-20-22(11-17)28-13-27-20/h4-7,10-11,14,18,24H,8-9,12-13H2,1-3H3/t14-,18-/m0/s1. The summed E-state index contributed by atoms with van der Waals surface area (Å²) < 4.78 is 21.4. The van der Waals surface area contributed by atoms with Crippen LogP contribution in [0.3, 0.4) is 0 Å². The van der Waals surface area contributed by atoms with Gasteiger partial charge in [-0.3, -0.25) is 4.79 Å². The van der Waals surface area contributed by atoms with Crippen LogP contribution in [0, 0.1) is 11.8 Å². The second-order valence-corrected chi connectivity index (χ2v) is 7.14. The van der Waals surface area contributed by atoms with E-state index in [1.54, 1.807) is 6.07 Å². The van der Waals surface area contributed by atoms with Crippen LogP contribution in [0.5, 0.6) is 23.0 Å².